The first-order chi connectivity index (χ1) is 15.3. The number of imide groups is 1. The van der Waals surface area contributed by atoms with Crippen LogP contribution in [0.2, 0.25) is 0 Å². The second-order valence-electron chi connectivity index (χ2n) is 8.48. The van der Waals surface area contributed by atoms with Crippen LogP contribution in [0, 0.1) is 0 Å². The molecule has 0 bridgehead atoms. The molecule has 1 atom stereocenters. The maximum atomic E-state index is 12.9. The molecule has 2 heterocycles. The molecule has 32 heavy (non-hydrogen) atoms. The Morgan fingerprint density at radius 2 is 1.88 bits per heavy atom. The first-order valence-corrected chi connectivity index (χ1v) is 10.7. The normalized spacial score (nSPS) is 17.9. The third-order valence-corrected chi connectivity index (χ3v) is 5.88. The van der Waals surface area contributed by atoms with E-state index < -0.39 is 11.9 Å². The maximum Gasteiger partial charge on any atom is 0.319 e. The average Bonchev–Trinajstić information content (AvgIpc) is 3.08. The molecular formula is C24H26N4O4. The van der Waals surface area contributed by atoms with E-state index in [1.807, 2.05) is 36.4 Å². The van der Waals surface area contributed by atoms with Gasteiger partial charge in [-0.15, -0.1) is 0 Å². The molecule has 2 aromatic carbocycles. The highest BCUT2D eigenvalue weighted by molar-refractivity contribution is 6.05. The van der Waals surface area contributed by atoms with E-state index in [-0.39, 0.29) is 30.8 Å². The van der Waals surface area contributed by atoms with Gasteiger partial charge in [-0.05, 0) is 47.2 Å². The van der Waals surface area contributed by atoms with Crippen molar-refractivity contribution < 1.29 is 19.2 Å². The Morgan fingerprint density at radius 3 is 2.56 bits per heavy atom. The van der Waals surface area contributed by atoms with Gasteiger partial charge >= 0.3 is 6.03 Å². The van der Waals surface area contributed by atoms with E-state index in [4.69, 9.17) is 0 Å². The Kier molecular flexibility index (Phi) is 5.94. The van der Waals surface area contributed by atoms with Gasteiger partial charge in [0.05, 0.1) is 0 Å². The van der Waals surface area contributed by atoms with Gasteiger partial charge in [0.1, 0.15) is 6.04 Å². The van der Waals surface area contributed by atoms with E-state index in [9.17, 15) is 19.2 Å². The molecule has 8 heteroatoms. The lowest BCUT2D eigenvalue weighted by atomic mass is 10.0. The summed E-state index contributed by atoms with van der Waals surface area (Å²) in [4.78, 5) is 50.2. The van der Waals surface area contributed by atoms with Gasteiger partial charge in [0.2, 0.25) is 11.8 Å². The number of nitrogens with one attached hydrogen (secondary N) is 3. The molecule has 0 spiro atoms. The quantitative estimate of drug-likeness (QED) is 0.629. The zero-order chi connectivity index (χ0) is 22.8. The number of rotatable bonds is 5. The predicted molar refractivity (Wildman–Crippen MR) is 119 cm³/mol. The van der Waals surface area contributed by atoms with E-state index in [0.717, 1.165) is 11.1 Å². The summed E-state index contributed by atoms with van der Waals surface area (Å²) in [5.41, 5.74) is 4.05. The molecule has 2 aromatic rings. The number of piperidine rings is 1. The fourth-order valence-corrected chi connectivity index (χ4v) is 4.02. The summed E-state index contributed by atoms with van der Waals surface area (Å²) in [5.74, 6) is -0.544. The van der Waals surface area contributed by atoms with Gasteiger partial charge in [0.25, 0.3) is 5.91 Å². The number of hydrogen-bond donors (Lipinski definition) is 3. The van der Waals surface area contributed by atoms with Gasteiger partial charge in [-0.3, -0.25) is 19.7 Å². The van der Waals surface area contributed by atoms with Crippen LogP contribution in [0.5, 0.6) is 0 Å². The molecule has 0 aliphatic carbocycles. The van der Waals surface area contributed by atoms with Gasteiger partial charge in [-0.2, -0.15) is 0 Å². The van der Waals surface area contributed by atoms with Crippen molar-refractivity contribution >= 4 is 29.4 Å². The van der Waals surface area contributed by atoms with Gasteiger partial charge < -0.3 is 15.5 Å². The van der Waals surface area contributed by atoms with Crippen LogP contribution in [0.15, 0.2) is 42.5 Å². The van der Waals surface area contributed by atoms with E-state index in [1.54, 1.807) is 6.07 Å². The van der Waals surface area contributed by atoms with Crippen molar-refractivity contribution in [2.75, 3.05) is 5.32 Å². The standard InChI is InChI=1S/C24H26N4O4/c1-14(2)16-5-7-18(8-6-16)26-24(32)25-12-15-3-4-17-13-28(23(31)19(17)11-15)20-9-10-21(29)27-22(20)30/h3-8,11,14,20H,9-10,12-13H2,1-2H3,(H2,25,26,32)(H,27,29,30). The number of hydrogen-bond acceptors (Lipinski definition) is 4. The Hall–Kier alpha value is -3.68. The molecular weight excluding hydrogens is 408 g/mol. The molecule has 0 saturated carbocycles. The molecule has 1 saturated heterocycles. The van der Waals surface area contributed by atoms with Gasteiger partial charge in [0.15, 0.2) is 0 Å². The zero-order valence-corrected chi connectivity index (χ0v) is 18.1. The average molecular weight is 434 g/mol. The van der Waals surface area contributed by atoms with Crippen molar-refractivity contribution in [3.8, 4) is 0 Å². The van der Waals surface area contributed by atoms with E-state index in [1.165, 1.54) is 10.5 Å². The van der Waals surface area contributed by atoms with E-state index in [0.29, 0.717) is 30.1 Å². The van der Waals surface area contributed by atoms with Gasteiger partial charge in [-0.25, -0.2) is 4.79 Å². The van der Waals surface area contributed by atoms with Crippen molar-refractivity contribution in [2.45, 2.75) is 51.7 Å². The molecule has 3 N–H and O–H groups in total. The van der Waals surface area contributed by atoms with Crippen LogP contribution in [-0.4, -0.2) is 34.7 Å². The fraction of sp³-hybridized carbons (Fsp3) is 0.333. The van der Waals surface area contributed by atoms with Crippen LogP contribution < -0.4 is 16.0 Å². The summed E-state index contributed by atoms with van der Waals surface area (Å²) >= 11 is 0. The summed E-state index contributed by atoms with van der Waals surface area (Å²) in [6, 6.07) is 12.2. The summed E-state index contributed by atoms with van der Waals surface area (Å²) in [5, 5.41) is 7.90. The first-order valence-electron chi connectivity index (χ1n) is 10.7. The number of fused-ring (bicyclic) bond motifs is 1. The van der Waals surface area contributed by atoms with Crippen molar-refractivity contribution in [3.63, 3.8) is 0 Å². The number of urea groups is 1. The fourth-order valence-electron chi connectivity index (χ4n) is 4.02. The molecule has 5 amide bonds. The van der Waals surface area contributed by atoms with Crippen molar-refractivity contribution in [1.82, 2.24) is 15.5 Å². The summed E-state index contributed by atoms with van der Waals surface area (Å²) in [6.45, 7) is 4.82. The number of anilines is 1. The minimum absolute atomic E-state index is 0.223. The second-order valence-corrected chi connectivity index (χ2v) is 8.48. The summed E-state index contributed by atoms with van der Waals surface area (Å²) in [7, 11) is 0. The van der Waals surface area contributed by atoms with Crippen molar-refractivity contribution in [1.29, 1.82) is 0 Å². The number of benzene rings is 2. The highest BCUT2D eigenvalue weighted by Crippen LogP contribution is 2.28. The molecule has 0 aromatic heterocycles. The first kappa shape index (κ1) is 21.5. The topological polar surface area (TPSA) is 108 Å². The minimum atomic E-state index is -0.637. The molecule has 2 aliphatic rings. The van der Waals surface area contributed by atoms with Gasteiger partial charge in [-0.1, -0.05) is 38.1 Å². The summed E-state index contributed by atoms with van der Waals surface area (Å²) < 4.78 is 0. The highest BCUT2D eigenvalue weighted by Gasteiger charge is 2.39. The molecule has 2 aliphatic heterocycles. The summed E-state index contributed by atoms with van der Waals surface area (Å²) in [6.07, 6.45) is 0.554. The highest BCUT2D eigenvalue weighted by atomic mass is 16.2. The van der Waals surface area contributed by atoms with E-state index >= 15 is 0 Å². The number of amides is 5. The molecule has 1 fully saturated rings. The number of carbonyl (C=O) groups excluding carboxylic acids is 4. The predicted octanol–water partition coefficient (Wildman–Crippen LogP) is 2.89. The maximum absolute atomic E-state index is 12.9. The van der Waals surface area contributed by atoms with Crippen LogP contribution in [0.1, 0.15) is 59.7 Å². The zero-order valence-electron chi connectivity index (χ0n) is 18.1. The van der Waals surface area contributed by atoms with Crippen molar-refractivity contribution in [2.24, 2.45) is 0 Å². The minimum Gasteiger partial charge on any atom is -0.334 e. The Labute approximate surface area is 186 Å². The monoisotopic (exact) mass is 434 g/mol. The second kappa shape index (κ2) is 8.82. The van der Waals surface area contributed by atoms with Crippen molar-refractivity contribution in [3.05, 3.63) is 64.7 Å². The smallest absolute Gasteiger partial charge is 0.319 e. The molecule has 4 rings (SSSR count). The van der Waals surface area contributed by atoms with Crippen LogP contribution in [0.25, 0.3) is 0 Å². The van der Waals surface area contributed by atoms with Crippen LogP contribution in [-0.2, 0) is 22.7 Å². The third-order valence-electron chi connectivity index (χ3n) is 5.88. The SMILES string of the molecule is CC(C)c1ccc(NC(=O)NCc2ccc3c(c2)C(=O)N(C2CCC(=O)NC2=O)C3)cc1. The molecule has 0 radical (unpaired) electrons. The van der Waals surface area contributed by atoms with E-state index in [2.05, 4.69) is 29.8 Å². The van der Waals surface area contributed by atoms with Crippen LogP contribution in [0.4, 0.5) is 10.5 Å². The number of nitrogens with zero attached hydrogens (tertiary/aromatic N) is 1. The third kappa shape index (κ3) is 4.49. The largest absolute Gasteiger partial charge is 0.334 e. The van der Waals surface area contributed by atoms with Gasteiger partial charge in [0, 0.05) is 30.8 Å². The Morgan fingerprint density at radius 1 is 1.12 bits per heavy atom. The molecule has 166 valence electrons. The Balaban J connectivity index is 1.36. The lowest BCUT2D eigenvalue weighted by Crippen LogP contribution is -2.52. The number of carbonyl (C=O) groups is 4. The van der Waals surface area contributed by atoms with Crippen LogP contribution in [0.3, 0.4) is 0 Å². The molecule has 8 nitrogen and oxygen atoms in total. The molecule has 1 unspecified atom stereocenters. The lowest BCUT2D eigenvalue weighted by Gasteiger charge is -2.29. The van der Waals surface area contributed by atoms with Crippen LogP contribution >= 0.6 is 0 Å². The lowest BCUT2D eigenvalue weighted by molar-refractivity contribution is -0.136. The Bertz CT molecular complexity index is 1080.